The van der Waals surface area contributed by atoms with Crippen LogP contribution in [-0.4, -0.2) is 36.3 Å². The molecule has 2 amide bonds. The highest BCUT2D eigenvalue weighted by atomic mass is 32.1. The van der Waals surface area contributed by atoms with Crippen LogP contribution in [0.15, 0.2) is 46.4 Å². The largest absolute Gasteiger partial charge is 0.459 e. The molecule has 0 aromatic carbocycles. The van der Waals surface area contributed by atoms with Gasteiger partial charge in [-0.25, -0.2) is 0 Å². The lowest BCUT2D eigenvalue weighted by Gasteiger charge is -2.32. The van der Waals surface area contributed by atoms with E-state index in [0.29, 0.717) is 18.8 Å². The molecule has 3 rings (SSSR count). The fourth-order valence-corrected chi connectivity index (χ4v) is 3.43. The van der Waals surface area contributed by atoms with Gasteiger partial charge >= 0.3 is 0 Å². The van der Waals surface area contributed by atoms with E-state index >= 15 is 0 Å². The van der Waals surface area contributed by atoms with Gasteiger partial charge in [-0.1, -0.05) is 6.07 Å². The van der Waals surface area contributed by atoms with E-state index in [1.807, 2.05) is 28.5 Å². The molecular weight excluding hydrogens is 324 g/mol. The number of furan rings is 1. The molecule has 0 saturated carbocycles. The molecule has 0 radical (unpaired) electrons. The van der Waals surface area contributed by atoms with E-state index in [4.69, 9.17) is 4.42 Å². The Morgan fingerprint density at radius 3 is 3.04 bits per heavy atom. The molecule has 24 heavy (non-hydrogen) atoms. The van der Waals surface area contributed by atoms with Crippen LogP contribution in [0.5, 0.6) is 0 Å². The molecule has 1 saturated heterocycles. The summed E-state index contributed by atoms with van der Waals surface area (Å²) >= 11 is 1.61. The minimum absolute atomic E-state index is 0.0328. The molecule has 0 spiro atoms. The van der Waals surface area contributed by atoms with Gasteiger partial charge < -0.3 is 14.6 Å². The molecule has 0 aliphatic carbocycles. The minimum Gasteiger partial charge on any atom is -0.459 e. The van der Waals surface area contributed by atoms with Gasteiger partial charge in [-0.2, -0.15) is 0 Å². The van der Waals surface area contributed by atoms with Crippen molar-refractivity contribution in [3.8, 4) is 0 Å². The van der Waals surface area contributed by atoms with Gasteiger partial charge in [0.05, 0.1) is 6.26 Å². The molecule has 6 heteroatoms. The number of rotatable bonds is 5. The molecule has 1 unspecified atom stereocenters. The van der Waals surface area contributed by atoms with Crippen molar-refractivity contribution >= 4 is 29.2 Å². The number of hydrogen-bond donors (Lipinski definition) is 1. The third kappa shape index (κ3) is 4.35. The SMILES string of the molecule is O=C(NCC1CCCN(C(=O)/C=C/c2cccs2)C1)c1ccco1. The number of carbonyl (C=O) groups excluding carboxylic acids is 2. The average Bonchev–Trinajstić information content (AvgIpc) is 3.31. The van der Waals surface area contributed by atoms with Gasteiger partial charge in [0.1, 0.15) is 0 Å². The Morgan fingerprint density at radius 2 is 2.29 bits per heavy atom. The van der Waals surface area contributed by atoms with Crippen LogP contribution in [-0.2, 0) is 4.79 Å². The molecule has 1 aliphatic heterocycles. The van der Waals surface area contributed by atoms with Gasteiger partial charge in [-0.3, -0.25) is 9.59 Å². The highest BCUT2D eigenvalue weighted by molar-refractivity contribution is 7.10. The number of nitrogens with zero attached hydrogens (tertiary/aromatic N) is 1. The predicted molar refractivity (Wildman–Crippen MR) is 93.7 cm³/mol. The molecule has 1 atom stereocenters. The van der Waals surface area contributed by atoms with Crippen LogP contribution in [0.4, 0.5) is 0 Å². The Balaban J connectivity index is 1.48. The van der Waals surface area contributed by atoms with Gasteiger partial charge in [0.15, 0.2) is 5.76 Å². The predicted octanol–water partition coefficient (Wildman–Crippen LogP) is 3.02. The lowest BCUT2D eigenvalue weighted by atomic mass is 9.98. The molecule has 1 fully saturated rings. The van der Waals surface area contributed by atoms with Crippen LogP contribution in [0, 0.1) is 5.92 Å². The Bertz CT molecular complexity index is 692. The lowest BCUT2D eigenvalue weighted by Crippen LogP contribution is -2.43. The second kappa shape index (κ2) is 7.97. The van der Waals surface area contributed by atoms with Gasteiger partial charge in [-0.05, 0) is 48.4 Å². The monoisotopic (exact) mass is 344 g/mol. The van der Waals surface area contributed by atoms with Crippen molar-refractivity contribution in [2.75, 3.05) is 19.6 Å². The standard InChI is InChI=1S/C18H20N2O3S/c21-17(8-7-15-5-3-11-24-15)20-9-1-4-14(13-20)12-19-18(22)16-6-2-10-23-16/h2-3,5-8,10-11,14H,1,4,9,12-13H2,(H,19,22)/b8-7+. The van der Waals surface area contributed by atoms with Crippen molar-refractivity contribution < 1.29 is 14.0 Å². The van der Waals surface area contributed by atoms with Crippen molar-refractivity contribution in [1.29, 1.82) is 0 Å². The van der Waals surface area contributed by atoms with E-state index < -0.39 is 0 Å². The highest BCUT2D eigenvalue weighted by Crippen LogP contribution is 2.17. The van der Waals surface area contributed by atoms with E-state index in [-0.39, 0.29) is 17.7 Å². The number of amides is 2. The lowest BCUT2D eigenvalue weighted by molar-refractivity contribution is -0.127. The summed E-state index contributed by atoms with van der Waals surface area (Å²) in [6, 6.07) is 7.28. The second-order valence-corrected chi connectivity index (χ2v) is 6.81. The van der Waals surface area contributed by atoms with E-state index in [9.17, 15) is 9.59 Å². The molecule has 2 aromatic rings. The number of thiophene rings is 1. The minimum atomic E-state index is -0.207. The average molecular weight is 344 g/mol. The zero-order valence-electron chi connectivity index (χ0n) is 13.3. The van der Waals surface area contributed by atoms with Crippen molar-refractivity contribution in [1.82, 2.24) is 10.2 Å². The summed E-state index contributed by atoms with van der Waals surface area (Å²) in [5, 5.41) is 4.87. The maximum Gasteiger partial charge on any atom is 0.286 e. The summed E-state index contributed by atoms with van der Waals surface area (Å²) < 4.78 is 5.08. The van der Waals surface area contributed by atoms with Crippen molar-refractivity contribution in [3.05, 3.63) is 52.6 Å². The number of nitrogens with one attached hydrogen (secondary N) is 1. The molecule has 5 nitrogen and oxygen atoms in total. The Hall–Kier alpha value is -2.34. The first-order valence-corrected chi connectivity index (χ1v) is 8.92. The summed E-state index contributed by atoms with van der Waals surface area (Å²) in [5.41, 5.74) is 0. The molecule has 2 aromatic heterocycles. The van der Waals surface area contributed by atoms with Crippen LogP contribution in [0.3, 0.4) is 0 Å². The summed E-state index contributed by atoms with van der Waals surface area (Å²) in [6.45, 7) is 2.00. The van der Waals surface area contributed by atoms with Gasteiger partial charge in [0, 0.05) is 30.6 Å². The van der Waals surface area contributed by atoms with Crippen LogP contribution < -0.4 is 5.32 Å². The first-order chi connectivity index (χ1) is 11.7. The highest BCUT2D eigenvalue weighted by Gasteiger charge is 2.23. The number of carbonyl (C=O) groups is 2. The summed E-state index contributed by atoms with van der Waals surface area (Å²) in [4.78, 5) is 27.1. The topological polar surface area (TPSA) is 62.6 Å². The summed E-state index contributed by atoms with van der Waals surface area (Å²) in [5.74, 6) is 0.417. The van der Waals surface area contributed by atoms with Crippen molar-refractivity contribution in [3.63, 3.8) is 0 Å². The Morgan fingerprint density at radius 1 is 1.38 bits per heavy atom. The van der Waals surface area contributed by atoms with Crippen LogP contribution in [0.25, 0.3) is 6.08 Å². The molecule has 126 valence electrons. The van der Waals surface area contributed by atoms with Crippen molar-refractivity contribution in [2.45, 2.75) is 12.8 Å². The zero-order chi connectivity index (χ0) is 16.8. The summed E-state index contributed by atoms with van der Waals surface area (Å²) in [7, 11) is 0. The van der Waals surface area contributed by atoms with E-state index in [1.54, 1.807) is 29.5 Å². The van der Waals surface area contributed by atoms with E-state index in [2.05, 4.69) is 5.32 Å². The Kier molecular flexibility index (Phi) is 5.48. The van der Waals surface area contributed by atoms with Crippen LogP contribution in [0.2, 0.25) is 0 Å². The van der Waals surface area contributed by atoms with Crippen LogP contribution in [0.1, 0.15) is 28.3 Å². The van der Waals surface area contributed by atoms with Gasteiger partial charge in [0.2, 0.25) is 5.91 Å². The third-order valence-corrected chi connectivity index (χ3v) is 4.90. The smallest absolute Gasteiger partial charge is 0.286 e. The van der Waals surface area contributed by atoms with Gasteiger partial charge in [-0.15, -0.1) is 11.3 Å². The second-order valence-electron chi connectivity index (χ2n) is 5.83. The van der Waals surface area contributed by atoms with Crippen LogP contribution >= 0.6 is 11.3 Å². The Labute approximate surface area is 145 Å². The van der Waals surface area contributed by atoms with E-state index in [1.165, 1.54) is 6.26 Å². The quantitative estimate of drug-likeness (QED) is 0.848. The third-order valence-electron chi connectivity index (χ3n) is 4.06. The fraction of sp³-hybridized carbons (Fsp3) is 0.333. The molecule has 1 aliphatic rings. The molecule has 0 bridgehead atoms. The zero-order valence-corrected chi connectivity index (χ0v) is 14.1. The number of piperidine rings is 1. The molecule has 3 heterocycles. The first-order valence-electron chi connectivity index (χ1n) is 8.04. The fourth-order valence-electron chi connectivity index (χ4n) is 2.81. The van der Waals surface area contributed by atoms with E-state index in [0.717, 1.165) is 24.3 Å². The number of likely N-dealkylation sites (tertiary alicyclic amines) is 1. The van der Waals surface area contributed by atoms with Gasteiger partial charge in [0.25, 0.3) is 5.91 Å². The first kappa shape index (κ1) is 16.5. The maximum absolute atomic E-state index is 12.3. The maximum atomic E-state index is 12.3. The molecular formula is C18H20N2O3S. The van der Waals surface area contributed by atoms with Crippen molar-refractivity contribution in [2.24, 2.45) is 5.92 Å². The molecule has 1 N–H and O–H groups in total. The summed E-state index contributed by atoms with van der Waals surface area (Å²) in [6.07, 6.45) is 6.94. The number of hydrogen-bond acceptors (Lipinski definition) is 4. The normalized spacial score (nSPS) is 18.0.